The van der Waals surface area contributed by atoms with E-state index >= 15 is 0 Å². The fraction of sp³-hybridized carbons (Fsp3) is 0.538. The van der Waals surface area contributed by atoms with Crippen LogP contribution in [0.3, 0.4) is 0 Å². The van der Waals surface area contributed by atoms with E-state index in [1.54, 1.807) is 0 Å². The number of benzene rings is 1. The summed E-state index contributed by atoms with van der Waals surface area (Å²) in [6, 6.07) is 8.65. The maximum atomic E-state index is 6.39. The molecule has 0 N–H and O–H groups in total. The molecule has 0 radical (unpaired) electrons. The number of hydrogen-bond donors (Lipinski definition) is 0. The smallest absolute Gasteiger partial charge is 0.0404 e. The lowest BCUT2D eigenvalue weighted by atomic mass is 9.82. The van der Waals surface area contributed by atoms with Gasteiger partial charge in [0.25, 0.3) is 0 Å². The zero-order valence-corrected chi connectivity index (χ0v) is 9.43. The molecule has 1 heteroatoms. The molecule has 2 unspecified atom stereocenters. The number of alkyl halides is 1. The first-order valence-electron chi connectivity index (χ1n) is 5.48. The van der Waals surface area contributed by atoms with Gasteiger partial charge in [0, 0.05) is 11.3 Å². The monoisotopic (exact) mass is 208 g/mol. The molecule has 1 aliphatic rings. The Morgan fingerprint density at radius 3 is 2.57 bits per heavy atom. The van der Waals surface area contributed by atoms with Gasteiger partial charge < -0.3 is 0 Å². The van der Waals surface area contributed by atoms with Gasteiger partial charge in [0.1, 0.15) is 0 Å². The van der Waals surface area contributed by atoms with Gasteiger partial charge in [0.2, 0.25) is 0 Å². The van der Waals surface area contributed by atoms with E-state index in [9.17, 15) is 0 Å². The van der Waals surface area contributed by atoms with Crippen molar-refractivity contribution in [1.82, 2.24) is 0 Å². The van der Waals surface area contributed by atoms with Crippen molar-refractivity contribution in [2.75, 3.05) is 0 Å². The molecule has 1 fully saturated rings. The molecule has 0 saturated heterocycles. The lowest BCUT2D eigenvalue weighted by Crippen LogP contribution is -2.18. The summed E-state index contributed by atoms with van der Waals surface area (Å²) < 4.78 is 0. The number of halogens is 1. The minimum atomic E-state index is 0.352. The lowest BCUT2D eigenvalue weighted by Gasteiger charge is -2.28. The van der Waals surface area contributed by atoms with Crippen molar-refractivity contribution in [1.29, 1.82) is 0 Å². The van der Waals surface area contributed by atoms with Gasteiger partial charge in [-0.15, -0.1) is 11.6 Å². The highest BCUT2D eigenvalue weighted by Gasteiger charge is 2.25. The van der Waals surface area contributed by atoms with E-state index in [-0.39, 0.29) is 0 Å². The molecule has 0 amide bonds. The molecule has 0 bridgehead atoms. The van der Waals surface area contributed by atoms with Gasteiger partial charge in [-0.3, -0.25) is 0 Å². The second-order valence-electron chi connectivity index (χ2n) is 4.26. The molecule has 2 rings (SSSR count). The Bertz CT molecular complexity index is 306. The first kappa shape index (κ1) is 10.0. The van der Waals surface area contributed by atoms with E-state index in [1.807, 2.05) is 0 Å². The molecule has 14 heavy (non-hydrogen) atoms. The maximum Gasteiger partial charge on any atom is 0.0404 e. The van der Waals surface area contributed by atoms with Gasteiger partial charge >= 0.3 is 0 Å². The molecular formula is C13H17Cl. The van der Waals surface area contributed by atoms with Crippen LogP contribution >= 0.6 is 11.6 Å². The van der Waals surface area contributed by atoms with Crippen LogP contribution in [0.4, 0.5) is 0 Å². The fourth-order valence-corrected chi connectivity index (χ4v) is 2.85. The first-order valence-corrected chi connectivity index (χ1v) is 5.92. The van der Waals surface area contributed by atoms with Crippen LogP contribution in [-0.2, 0) is 0 Å². The van der Waals surface area contributed by atoms with Crippen LogP contribution in [0, 0.1) is 6.92 Å². The van der Waals surface area contributed by atoms with Crippen LogP contribution < -0.4 is 0 Å². The molecule has 1 aliphatic carbocycles. The predicted molar refractivity (Wildman–Crippen MR) is 62.0 cm³/mol. The highest BCUT2D eigenvalue weighted by atomic mass is 35.5. The van der Waals surface area contributed by atoms with Crippen molar-refractivity contribution >= 4 is 11.6 Å². The summed E-state index contributed by atoms with van der Waals surface area (Å²) in [5.74, 6) is 0.589. The van der Waals surface area contributed by atoms with Crippen LogP contribution in [-0.4, -0.2) is 5.38 Å². The van der Waals surface area contributed by atoms with Gasteiger partial charge in [-0.25, -0.2) is 0 Å². The zero-order valence-electron chi connectivity index (χ0n) is 8.67. The van der Waals surface area contributed by atoms with Crippen molar-refractivity contribution in [3.8, 4) is 0 Å². The Morgan fingerprint density at radius 2 is 1.86 bits per heavy atom. The summed E-state index contributed by atoms with van der Waals surface area (Å²) in [5.41, 5.74) is 2.86. The maximum absolute atomic E-state index is 6.39. The minimum Gasteiger partial charge on any atom is -0.122 e. The Kier molecular flexibility index (Phi) is 3.12. The van der Waals surface area contributed by atoms with E-state index in [1.165, 1.54) is 36.8 Å². The molecule has 0 nitrogen and oxygen atoms in total. The average Bonchev–Trinajstić information content (AvgIpc) is 2.20. The summed E-state index contributed by atoms with van der Waals surface area (Å²) >= 11 is 6.39. The molecule has 1 aromatic carbocycles. The quantitative estimate of drug-likeness (QED) is 0.605. The standard InChI is InChI=1S/C13H17Cl/c1-10-6-2-3-7-11(10)12-8-4-5-9-13(12)14/h2-3,6-7,12-13H,4-5,8-9H2,1H3. The highest BCUT2D eigenvalue weighted by molar-refractivity contribution is 6.21. The van der Waals surface area contributed by atoms with E-state index in [0.29, 0.717) is 11.3 Å². The van der Waals surface area contributed by atoms with Crippen molar-refractivity contribution in [2.24, 2.45) is 0 Å². The highest BCUT2D eigenvalue weighted by Crippen LogP contribution is 2.37. The normalized spacial score (nSPS) is 27.6. The Morgan fingerprint density at radius 1 is 1.14 bits per heavy atom. The third kappa shape index (κ3) is 1.95. The average molecular weight is 209 g/mol. The topological polar surface area (TPSA) is 0 Å². The zero-order chi connectivity index (χ0) is 9.97. The number of rotatable bonds is 1. The molecule has 0 spiro atoms. The van der Waals surface area contributed by atoms with Gasteiger partial charge in [0.05, 0.1) is 0 Å². The summed E-state index contributed by atoms with van der Waals surface area (Å²) in [6.45, 7) is 2.19. The Balaban J connectivity index is 2.25. The summed E-state index contributed by atoms with van der Waals surface area (Å²) in [4.78, 5) is 0. The van der Waals surface area contributed by atoms with Crippen LogP contribution in [0.5, 0.6) is 0 Å². The third-order valence-electron chi connectivity index (χ3n) is 3.27. The molecule has 0 aliphatic heterocycles. The van der Waals surface area contributed by atoms with E-state index in [2.05, 4.69) is 31.2 Å². The van der Waals surface area contributed by atoms with Gasteiger partial charge in [-0.2, -0.15) is 0 Å². The molecule has 1 saturated carbocycles. The predicted octanol–water partition coefficient (Wildman–Crippen LogP) is 4.26. The van der Waals surface area contributed by atoms with Gasteiger partial charge in [0.15, 0.2) is 0 Å². The van der Waals surface area contributed by atoms with Crippen molar-refractivity contribution in [3.63, 3.8) is 0 Å². The first-order chi connectivity index (χ1) is 6.79. The van der Waals surface area contributed by atoms with Gasteiger partial charge in [-0.1, -0.05) is 37.1 Å². The van der Waals surface area contributed by atoms with Crippen LogP contribution in [0.15, 0.2) is 24.3 Å². The second-order valence-corrected chi connectivity index (χ2v) is 4.82. The van der Waals surface area contributed by atoms with E-state index < -0.39 is 0 Å². The van der Waals surface area contributed by atoms with Gasteiger partial charge in [-0.05, 0) is 30.9 Å². The molecule has 0 heterocycles. The van der Waals surface area contributed by atoms with Crippen LogP contribution in [0.1, 0.15) is 42.7 Å². The molecular weight excluding hydrogens is 192 g/mol. The van der Waals surface area contributed by atoms with Crippen LogP contribution in [0.2, 0.25) is 0 Å². The van der Waals surface area contributed by atoms with E-state index in [4.69, 9.17) is 11.6 Å². The second kappa shape index (κ2) is 4.35. The summed E-state index contributed by atoms with van der Waals surface area (Å²) in [5, 5.41) is 0.352. The Labute approximate surface area is 91.3 Å². The van der Waals surface area contributed by atoms with Crippen LogP contribution in [0.25, 0.3) is 0 Å². The Hall–Kier alpha value is -0.490. The molecule has 2 atom stereocenters. The molecule has 0 aromatic heterocycles. The SMILES string of the molecule is Cc1ccccc1C1CCCCC1Cl. The molecule has 76 valence electrons. The van der Waals surface area contributed by atoms with Crippen molar-refractivity contribution < 1.29 is 0 Å². The van der Waals surface area contributed by atoms with Crippen molar-refractivity contribution in [2.45, 2.75) is 43.9 Å². The largest absolute Gasteiger partial charge is 0.122 e. The summed E-state index contributed by atoms with van der Waals surface area (Å²) in [6.07, 6.45) is 5.08. The third-order valence-corrected chi connectivity index (χ3v) is 3.79. The fourth-order valence-electron chi connectivity index (χ4n) is 2.44. The van der Waals surface area contributed by atoms with Crippen molar-refractivity contribution in [3.05, 3.63) is 35.4 Å². The lowest BCUT2D eigenvalue weighted by molar-refractivity contribution is 0.449. The summed E-state index contributed by atoms with van der Waals surface area (Å²) in [7, 11) is 0. The number of hydrogen-bond acceptors (Lipinski definition) is 0. The molecule has 1 aromatic rings. The number of aryl methyl sites for hydroxylation is 1. The van der Waals surface area contributed by atoms with E-state index in [0.717, 1.165) is 0 Å². The minimum absolute atomic E-state index is 0.352.